The summed E-state index contributed by atoms with van der Waals surface area (Å²) in [7, 11) is -3.65. The van der Waals surface area contributed by atoms with Gasteiger partial charge in [-0.2, -0.15) is 4.31 Å². The van der Waals surface area contributed by atoms with E-state index in [9.17, 15) is 8.42 Å². The Morgan fingerprint density at radius 1 is 1.53 bits per heavy atom. The van der Waals surface area contributed by atoms with Crippen molar-refractivity contribution >= 4 is 27.2 Å². The van der Waals surface area contributed by atoms with Crippen LogP contribution >= 0.6 is 12.2 Å². The van der Waals surface area contributed by atoms with Gasteiger partial charge in [0.2, 0.25) is 10.0 Å². The van der Waals surface area contributed by atoms with Gasteiger partial charge in [0.05, 0.1) is 11.5 Å². The number of nitrogens with two attached hydrogens (primary N) is 1. The molecular weight excluding hydrogens is 262 g/mol. The van der Waals surface area contributed by atoms with Gasteiger partial charge in [0.25, 0.3) is 0 Å². The summed E-state index contributed by atoms with van der Waals surface area (Å²) in [6.07, 6.45) is 0. The standard InChI is InChI=1S/C9H15N3O3S2/c1-4-12(5-8(10)16)17(13,14)9-6(2)11-15-7(9)3/h4-5H2,1-3H3,(H2,10,16). The molecule has 0 bridgehead atoms. The van der Waals surface area contributed by atoms with Crippen molar-refractivity contribution in [2.45, 2.75) is 25.7 Å². The molecule has 1 rings (SSSR count). The van der Waals surface area contributed by atoms with Crippen molar-refractivity contribution in [3.8, 4) is 0 Å². The van der Waals surface area contributed by atoms with Gasteiger partial charge in [-0.3, -0.25) is 0 Å². The molecule has 1 aromatic heterocycles. The van der Waals surface area contributed by atoms with Crippen LogP contribution in [0.25, 0.3) is 0 Å². The summed E-state index contributed by atoms with van der Waals surface area (Å²) in [6, 6.07) is 0. The van der Waals surface area contributed by atoms with Gasteiger partial charge < -0.3 is 10.3 Å². The SMILES string of the molecule is CCN(CC(N)=S)S(=O)(=O)c1c(C)noc1C. The number of hydrogen-bond acceptors (Lipinski definition) is 5. The molecule has 0 unspecified atom stereocenters. The molecule has 0 amide bonds. The summed E-state index contributed by atoms with van der Waals surface area (Å²) < 4.78 is 30.7. The summed E-state index contributed by atoms with van der Waals surface area (Å²) in [5.41, 5.74) is 5.72. The first-order valence-electron chi connectivity index (χ1n) is 5.02. The Hall–Kier alpha value is -0.990. The van der Waals surface area contributed by atoms with Crippen LogP contribution in [0, 0.1) is 13.8 Å². The molecule has 0 radical (unpaired) electrons. The predicted octanol–water partition coefficient (Wildman–Crippen LogP) is 0.588. The van der Waals surface area contributed by atoms with E-state index in [0.717, 1.165) is 0 Å². The first-order valence-corrected chi connectivity index (χ1v) is 6.86. The van der Waals surface area contributed by atoms with Crippen molar-refractivity contribution < 1.29 is 12.9 Å². The zero-order valence-corrected chi connectivity index (χ0v) is 11.6. The number of nitrogens with zero attached hydrogens (tertiary/aromatic N) is 2. The lowest BCUT2D eigenvalue weighted by Gasteiger charge is -2.19. The number of rotatable bonds is 5. The van der Waals surface area contributed by atoms with E-state index in [4.69, 9.17) is 22.5 Å². The largest absolute Gasteiger partial charge is 0.392 e. The lowest BCUT2D eigenvalue weighted by molar-refractivity contribution is 0.389. The lowest BCUT2D eigenvalue weighted by atomic mass is 10.4. The van der Waals surface area contributed by atoms with Crippen LogP contribution in [0.2, 0.25) is 0 Å². The summed E-state index contributed by atoms with van der Waals surface area (Å²) in [4.78, 5) is 0.220. The molecule has 2 N–H and O–H groups in total. The Morgan fingerprint density at radius 2 is 2.12 bits per heavy atom. The fraction of sp³-hybridized carbons (Fsp3) is 0.556. The molecule has 0 aromatic carbocycles. The number of thiocarbonyl (C=S) groups is 1. The fourth-order valence-electron chi connectivity index (χ4n) is 1.51. The Bertz CT molecular complexity index is 502. The third kappa shape index (κ3) is 2.82. The fourth-order valence-corrected chi connectivity index (χ4v) is 3.47. The highest BCUT2D eigenvalue weighted by atomic mass is 32.2. The van der Waals surface area contributed by atoms with Gasteiger partial charge in [-0.15, -0.1) is 0 Å². The van der Waals surface area contributed by atoms with Crippen molar-refractivity contribution in [1.29, 1.82) is 0 Å². The molecule has 1 aromatic rings. The highest BCUT2D eigenvalue weighted by Gasteiger charge is 2.30. The van der Waals surface area contributed by atoms with Crippen LogP contribution in [0.15, 0.2) is 9.42 Å². The molecule has 0 atom stereocenters. The molecule has 96 valence electrons. The van der Waals surface area contributed by atoms with Gasteiger partial charge in [-0.25, -0.2) is 8.42 Å². The first kappa shape index (κ1) is 14.1. The van der Waals surface area contributed by atoms with Crippen molar-refractivity contribution in [3.63, 3.8) is 0 Å². The number of aromatic nitrogens is 1. The van der Waals surface area contributed by atoms with Crippen molar-refractivity contribution in [1.82, 2.24) is 9.46 Å². The molecule has 6 nitrogen and oxygen atoms in total. The average Bonchev–Trinajstić information content (AvgIpc) is 2.54. The molecule has 0 fully saturated rings. The Labute approximate surface area is 106 Å². The Kier molecular flexibility index (Phi) is 4.23. The molecule has 0 spiro atoms. The molecule has 1 heterocycles. The van der Waals surface area contributed by atoms with Crippen LogP contribution in [0.3, 0.4) is 0 Å². The summed E-state index contributed by atoms with van der Waals surface area (Å²) in [6.45, 7) is 5.15. The van der Waals surface area contributed by atoms with Crippen LogP contribution in [0.1, 0.15) is 18.4 Å². The van der Waals surface area contributed by atoms with Gasteiger partial charge >= 0.3 is 0 Å². The Morgan fingerprint density at radius 3 is 2.47 bits per heavy atom. The minimum atomic E-state index is -3.65. The van der Waals surface area contributed by atoms with Crippen molar-refractivity contribution in [2.24, 2.45) is 5.73 Å². The van der Waals surface area contributed by atoms with E-state index in [0.29, 0.717) is 5.69 Å². The maximum Gasteiger partial charge on any atom is 0.248 e. The second kappa shape index (κ2) is 5.11. The van der Waals surface area contributed by atoms with E-state index in [-0.39, 0.29) is 28.7 Å². The topological polar surface area (TPSA) is 89.4 Å². The monoisotopic (exact) mass is 277 g/mol. The van der Waals surface area contributed by atoms with E-state index in [2.05, 4.69) is 5.16 Å². The van der Waals surface area contributed by atoms with Gasteiger partial charge in [-0.05, 0) is 13.8 Å². The minimum Gasteiger partial charge on any atom is -0.392 e. The minimum absolute atomic E-state index is 0.0121. The Balaban J connectivity index is 3.22. The summed E-state index contributed by atoms with van der Waals surface area (Å²) in [5, 5.41) is 3.63. The summed E-state index contributed by atoms with van der Waals surface area (Å²) in [5.74, 6) is 0.267. The average molecular weight is 277 g/mol. The van der Waals surface area contributed by atoms with Gasteiger partial charge in [0.15, 0.2) is 5.76 Å². The van der Waals surface area contributed by atoms with Crippen molar-refractivity contribution in [2.75, 3.05) is 13.1 Å². The lowest BCUT2D eigenvalue weighted by Crippen LogP contribution is -2.37. The second-order valence-electron chi connectivity index (χ2n) is 3.55. The quantitative estimate of drug-likeness (QED) is 0.792. The van der Waals surface area contributed by atoms with Crippen LogP contribution in [-0.4, -0.2) is 36.0 Å². The number of hydrogen-bond donors (Lipinski definition) is 1. The molecule has 0 saturated carbocycles. The normalized spacial score (nSPS) is 12.0. The van der Waals surface area contributed by atoms with E-state index in [1.807, 2.05) is 0 Å². The third-order valence-electron chi connectivity index (χ3n) is 2.25. The van der Waals surface area contributed by atoms with E-state index in [1.54, 1.807) is 20.8 Å². The van der Waals surface area contributed by atoms with Crippen LogP contribution < -0.4 is 5.73 Å². The van der Waals surface area contributed by atoms with E-state index < -0.39 is 10.0 Å². The van der Waals surface area contributed by atoms with Crippen LogP contribution in [0.4, 0.5) is 0 Å². The predicted molar refractivity (Wildman–Crippen MR) is 67.2 cm³/mol. The van der Waals surface area contributed by atoms with Gasteiger partial charge in [0.1, 0.15) is 10.6 Å². The zero-order valence-electron chi connectivity index (χ0n) is 9.93. The highest BCUT2D eigenvalue weighted by molar-refractivity contribution is 7.89. The van der Waals surface area contributed by atoms with Crippen molar-refractivity contribution in [3.05, 3.63) is 11.5 Å². The molecular formula is C9H15N3O3S2. The smallest absolute Gasteiger partial charge is 0.248 e. The van der Waals surface area contributed by atoms with E-state index in [1.165, 1.54) is 4.31 Å². The maximum absolute atomic E-state index is 12.3. The van der Waals surface area contributed by atoms with Crippen LogP contribution in [-0.2, 0) is 10.0 Å². The summed E-state index contributed by atoms with van der Waals surface area (Å²) >= 11 is 4.73. The second-order valence-corrected chi connectivity index (χ2v) is 5.95. The number of likely N-dealkylation sites (N-methyl/N-ethyl adjacent to an activating group) is 1. The molecule has 8 heteroatoms. The zero-order chi connectivity index (χ0) is 13.2. The first-order chi connectivity index (χ1) is 7.80. The third-order valence-corrected chi connectivity index (χ3v) is 4.55. The number of sulfonamides is 1. The maximum atomic E-state index is 12.3. The molecule has 0 aliphatic heterocycles. The molecule has 0 aliphatic rings. The molecule has 0 aliphatic carbocycles. The highest BCUT2D eigenvalue weighted by Crippen LogP contribution is 2.22. The molecule has 17 heavy (non-hydrogen) atoms. The van der Waals surface area contributed by atoms with Gasteiger partial charge in [0, 0.05) is 6.54 Å². The van der Waals surface area contributed by atoms with Gasteiger partial charge in [-0.1, -0.05) is 24.3 Å². The van der Waals surface area contributed by atoms with Crippen LogP contribution in [0.5, 0.6) is 0 Å². The number of aryl methyl sites for hydroxylation is 2. The molecule has 0 saturated heterocycles. The van der Waals surface area contributed by atoms with E-state index >= 15 is 0 Å².